The molecule has 0 aliphatic carbocycles. The summed E-state index contributed by atoms with van der Waals surface area (Å²) in [7, 11) is 0. The number of carbonyl (C=O) groups excluding carboxylic acids is 1. The van der Waals surface area contributed by atoms with Gasteiger partial charge in [0.2, 0.25) is 0 Å². The highest BCUT2D eigenvalue weighted by Gasteiger charge is 2.23. The molecule has 1 saturated heterocycles. The molecule has 1 aromatic heterocycles. The molecule has 124 valence electrons. The Hall–Kier alpha value is -1.56. The van der Waals surface area contributed by atoms with Crippen LogP contribution >= 0.6 is 0 Å². The van der Waals surface area contributed by atoms with E-state index in [1.807, 2.05) is 13.8 Å². The number of oxazole rings is 1. The summed E-state index contributed by atoms with van der Waals surface area (Å²) in [6.07, 6.45) is 2.87. The number of hydrogen-bond acceptors (Lipinski definition) is 4. The fraction of sp³-hybridized carbons (Fsp3) is 0.750. The van der Waals surface area contributed by atoms with Gasteiger partial charge in [-0.2, -0.15) is 0 Å². The van der Waals surface area contributed by atoms with E-state index in [0.717, 1.165) is 44.2 Å². The van der Waals surface area contributed by atoms with E-state index in [1.54, 1.807) is 6.26 Å². The van der Waals surface area contributed by atoms with Crippen LogP contribution in [0.15, 0.2) is 10.7 Å². The maximum Gasteiger partial charge on any atom is 0.314 e. The average molecular weight is 308 g/mol. The summed E-state index contributed by atoms with van der Waals surface area (Å²) in [6.45, 7) is 11.7. The molecular formula is C16H28N4O2. The Morgan fingerprint density at radius 1 is 1.45 bits per heavy atom. The second-order valence-corrected chi connectivity index (χ2v) is 6.73. The van der Waals surface area contributed by atoms with Crippen molar-refractivity contribution in [3.05, 3.63) is 17.8 Å². The summed E-state index contributed by atoms with van der Waals surface area (Å²) in [5, 5.41) is 5.79. The molecule has 6 heteroatoms. The number of urea groups is 1. The SMILES string of the molecule is CC(C)NC(=O)NCC1CCN(Cc2coc(C(C)C)n2)C1. The highest BCUT2D eigenvalue weighted by Crippen LogP contribution is 2.19. The highest BCUT2D eigenvalue weighted by molar-refractivity contribution is 5.74. The molecule has 1 aromatic rings. The van der Waals surface area contributed by atoms with Gasteiger partial charge < -0.3 is 15.1 Å². The van der Waals surface area contributed by atoms with Gasteiger partial charge in [-0.3, -0.25) is 4.90 Å². The van der Waals surface area contributed by atoms with Gasteiger partial charge in [0.05, 0.1) is 5.69 Å². The Bertz CT molecular complexity index is 484. The zero-order chi connectivity index (χ0) is 16.1. The van der Waals surface area contributed by atoms with Gasteiger partial charge in [0.1, 0.15) is 6.26 Å². The summed E-state index contributed by atoms with van der Waals surface area (Å²) < 4.78 is 5.48. The van der Waals surface area contributed by atoms with Crippen molar-refractivity contribution in [3.8, 4) is 0 Å². The molecule has 1 aliphatic heterocycles. The lowest BCUT2D eigenvalue weighted by molar-refractivity contribution is 0.236. The van der Waals surface area contributed by atoms with Crippen molar-refractivity contribution in [3.63, 3.8) is 0 Å². The molecule has 2 rings (SSSR count). The second kappa shape index (κ2) is 7.63. The molecule has 1 atom stereocenters. The zero-order valence-electron chi connectivity index (χ0n) is 14.1. The molecule has 1 aliphatic rings. The standard InChI is InChI=1S/C16H28N4O2/c1-11(2)15-19-14(10-22-15)9-20-6-5-13(8-20)7-17-16(21)18-12(3)4/h10-13H,5-9H2,1-4H3,(H2,17,18,21). The monoisotopic (exact) mass is 308 g/mol. The summed E-state index contributed by atoms with van der Waals surface area (Å²) in [5.41, 5.74) is 0.995. The molecule has 2 amide bonds. The van der Waals surface area contributed by atoms with Crippen LogP contribution in [0.4, 0.5) is 4.79 Å². The first-order valence-corrected chi connectivity index (χ1v) is 8.15. The Morgan fingerprint density at radius 2 is 2.23 bits per heavy atom. The van der Waals surface area contributed by atoms with Crippen LogP contribution in [0.5, 0.6) is 0 Å². The first-order valence-electron chi connectivity index (χ1n) is 8.15. The van der Waals surface area contributed by atoms with Gasteiger partial charge in [-0.25, -0.2) is 9.78 Å². The fourth-order valence-corrected chi connectivity index (χ4v) is 2.66. The van der Waals surface area contributed by atoms with Gasteiger partial charge in [0, 0.05) is 31.6 Å². The quantitative estimate of drug-likeness (QED) is 0.846. The van der Waals surface area contributed by atoms with Gasteiger partial charge in [0.25, 0.3) is 0 Å². The van der Waals surface area contributed by atoms with Crippen LogP contribution in [0.25, 0.3) is 0 Å². The minimum absolute atomic E-state index is 0.0773. The number of nitrogens with one attached hydrogen (secondary N) is 2. The predicted octanol–water partition coefficient (Wildman–Crippen LogP) is 2.33. The highest BCUT2D eigenvalue weighted by atomic mass is 16.3. The second-order valence-electron chi connectivity index (χ2n) is 6.73. The zero-order valence-corrected chi connectivity index (χ0v) is 14.1. The van der Waals surface area contributed by atoms with Gasteiger partial charge in [-0.1, -0.05) is 13.8 Å². The minimum atomic E-state index is -0.0773. The lowest BCUT2D eigenvalue weighted by Gasteiger charge is -2.15. The van der Waals surface area contributed by atoms with E-state index >= 15 is 0 Å². The lowest BCUT2D eigenvalue weighted by Crippen LogP contribution is -2.41. The van der Waals surface area contributed by atoms with Crippen molar-refractivity contribution in [2.45, 2.75) is 52.6 Å². The molecule has 0 saturated carbocycles. The van der Waals surface area contributed by atoms with Crippen molar-refractivity contribution >= 4 is 6.03 Å². The third-order valence-corrected chi connectivity index (χ3v) is 3.79. The van der Waals surface area contributed by atoms with Crippen LogP contribution in [-0.2, 0) is 6.54 Å². The smallest absolute Gasteiger partial charge is 0.314 e. The number of likely N-dealkylation sites (tertiary alicyclic amines) is 1. The lowest BCUT2D eigenvalue weighted by atomic mass is 10.1. The molecular weight excluding hydrogens is 280 g/mol. The molecule has 2 N–H and O–H groups in total. The van der Waals surface area contributed by atoms with Crippen molar-refractivity contribution in [1.29, 1.82) is 0 Å². The minimum Gasteiger partial charge on any atom is -0.448 e. The molecule has 1 fully saturated rings. The molecule has 0 spiro atoms. The van der Waals surface area contributed by atoms with Crippen molar-refractivity contribution in [2.24, 2.45) is 5.92 Å². The van der Waals surface area contributed by atoms with Gasteiger partial charge in [-0.15, -0.1) is 0 Å². The molecule has 2 heterocycles. The van der Waals surface area contributed by atoms with E-state index in [2.05, 4.69) is 34.4 Å². The topological polar surface area (TPSA) is 70.4 Å². The van der Waals surface area contributed by atoms with Crippen LogP contribution in [0, 0.1) is 5.92 Å². The first kappa shape index (κ1) is 16.8. The maximum absolute atomic E-state index is 11.6. The van der Waals surface area contributed by atoms with Crippen LogP contribution in [-0.4, -0.2) is 41.6 Å². The molecule has 0 radical (unpaired) electrons. The summed E-state index contributed by atoms with van der Waals surface area (Å²) >= 11 is 0. The van der Waals surface area contributed by atoms with Crippen molar-refractivity contribution in [1.82, 2.24) is 20.5 Å². The average Bonchev–Trinajstić information content (AvgIpc) is 3.05. The van der Waals surface area contributed by atoms with E-state index in [0.29, 0.717) is 11.8 Å². The Morgan fingerprint density at radius 3 is 2.86 bits per heavy atom. The molecule has 0 aromatic carbocycles. The van der Waals surface area contributed by atoms with Gasteiger partial charge >= 0.3 is 6.03 Å². The number of aromatic nitrogens is 1. The van der Waals surface area contributed by atoms with E-state index in [9.17, 15) is 4.79 Å². The van der Waals surface area contributed by atoms with E-state index in [-0.39, 0.29) is 12.1 Å². The Balaban J connectivity index is 1.72. The van der Waals surface area contributed by atoms with Crippen LogP contribution < -0.4 is 10.6 Å². The predicted molar refractivity (Wildman–Crippen MR) is 85.6 cm³/mol. The number of amides is 2. The Kier molecular flexibility index (Phi) is 5.83. The van der Waals surface area contributed by atoms with Crippen LogP contribution in [0.1, 0.15) is 51.6 Å². The Labute approximate surface area is 132 Å². The molecule has 0 bridgehead atoms. The number of carbonyl (C=O) groups is 1. The summed E-state index contributed by atoms with van der Waals surface area (Å²) in [6, 6.07) is 0.0916. The number of rotatable bonds is 6. The largest absolute Gasteiger partial charge is 0.448 e. The third-order valence-electron chi connectivity index (χ3n) is 3.79. The number of nitrogens with zero attached hydrogens (tertiary/aromatic N) is 2. The summed E-state index contributed by atoms with van der Waals surface area (Å²) in [4.78, 5) is 18.5. The maximum atomic E-state index is 11.6. The fourth-order valence-electron chi connectivity index (χ4n) is 2.66. The third kappa shape index (κ3) is 5.02. The van der Waals surface area contributed by atoms with Crippen LogP contribution in [0.3, 0.4) is 0 Å². The number of hydrogen-bond donors (Lipinski definition) is 2. The summed E-state index contributed by atoms with van der Waals surface area (Å²) in [5.74, 6) is 1.64. The first-order chi connectivity index (χ1) is 10.4. The van der Waals surface area contributed by atoms with Crippen molar-refractivity contribution in [2.75, 3.05) is 19.6 Å². The van der Waals surface area contributed by atoms with Crippen LogP contribution in [0.2, 0.25) is 0 Å². The van der Waals surface area contributed by atoms with Crippen molar-refractivity contribution < 1.29 is 9.21 Å². The van der Waals surface area contributed by atoms with Gasteiger partial charge in [-0.05, 0) is 32.7 Å². The van der Waals surface area contributed by atoms with E-state index < -0.39 is 0 Å². The molecule has 22 heavy (non-hydrogen) atoms. The van der Waals surface area contributed by atoms with E-state index in [1.165, 1.54) is 0 Å². The molecule has 1 unspecified atom stereocenters. The molecule has 6 nitrogen and oxygen atoms in total. The normalized spacial score (nSPS) is 19.1. The van der Waals surface area contributed by atoms with Gasteiger partial charge in [0.15, 0.2) is 5.89 Å². The van der Waals surface area contributed by atoms with E-state index in [4.69, 9.17) is 4.42 Å².